The van der Waals surface area contributed by atoms with Gasteiger partial charge in [0.25, 0.3) is 17.7 Å². The number of aryl methyl sites for hydroxylation is 4. The molecule has 2 aromatic carbocycles. The van der Waals surface area contributed by atoms with E-state index in [0.717, 1.165) is 0 Å². The van der Waals surface area contributed by atoms with Crippen LogP contribution in [-0.2, 0) is 35.8 Å². The summed E-state index contributed by atoms with van der Waals surface area (Å²) < 4.78 is 24.2. The zero-order valence-corrected chi connectivity index (χ0v) is 41.3. The number of allylic oxidation sites excluding steroid dienone is 2. The van der Waals surface area contributed by atoms with Gasteiger partial charge in [-0.3, -0.25) is 44.0 Å². The number of nitrogens with zero attached hydrogens (tertiary/aromatic N) is 9. The Labute approximate surface area is 409 Å². The van der Waals surface area contributed by atoms with Crippen LogP contribution in [0.2, 0.25) is 0 Å². The average molecular weight is 974 g/mol. The Morgan fingerprint density at radius 2 is 1.28 bits per heavy atom. The van der Waals surface area contributed by atoms with Crippen LogP contribution in [-0.4, -0.2) is 113 Å². The van der Waals surface area contributed by atoms with E-state index < -0.39 is 29.2 Å². The number of likely N-dealkylation sites (tertiary alicyclic amines) is 1. The molecule has 1 saturated heterocycles. The number of methoxy groups -OCH3 is 1. The molecule has 6 aromatic rings. The standard InChI is InChI=1S/C49H59N13O9/c1-10-61-36(23-29(3)55-61)44(65)53-46-52-35-26-33(43(64)57-69-9)28-38(68-8)40(35)59(46)18-12-13-19-60-41-34(51-47(60)54-45(66)37-24-30(4)56-62(37)11-2)25-32(42(50)63)27-39(41)70-22-14-15-31-16-20-58(21-17-31)48(67)71-49(5,6)7/h12-13,23-28,31H,10-11,16-22H2,1-9H3,(H2,50,63)(H,57,64)(H,51,54,66)(H,52,53,65)/b13-12+. The van der Waals surface area contributed by atoms with Crippen molar-refractivity contribution < 1.29 is 43.0 Å². The second-order valence-corrected chi connectivity index (χ2v) is 17.7. The highest BCUT2D eigenvalue weighted by Crippen LogP contribution is 2.33. The van der Waals surface area contributed by atoms with Gasteiger partial charge in [0, 0.05) is 56.3 Å². The molecule has 0 radical (unpaired) electrons. The monoisotopic (exact) mass is 973 g/mol. The van der Waals surface area contributed by atoms with Crippen LogP contribution in [0.5, 0.6) is 11.5 Å². The van der Waals surface area contributed by atoms with Crippen LogP contribution in [0.25, 0.3) is 22.1 Å². The highest BCUT2D eigenvalue weighted by Gasteiger charge is 2.27. The zero-order valence-electron chi connectivity index (χ0n) is 41.3. The lowest BCUT2D eigenvalue weighted by atomic mass is 9.98. The van der Waals surface area contributed by atoms with Crippen molar-refractivity contribution in [2.24, 2.45) is 11.7 Å². The molecule has 5 amide bonds. The normalized spacial score (nSPS) is 13.1. The van der Waals surface area contributed by atoms with Crippen LogP contribution < -0.4 is 31.3 Å². The van der Waals surface area contributed by atoms with Gasteiger partial charge in [0.05, 0.1) is 36.6 Å². The van der Waals surface area contributed by atoms with E-state index >= 15 is 0 Å². The fraction of sp³-hybridized carbons (Fsp3) is 0.408. The van der Waals surface area contributed by atoms with E-state index in [9.17, 15) is 24.0 Å². The smallest absolute Gasteiger partial charge is 0.410 e. The van der Waals surface area contributed by atoms with Gasteiger partial charge in [0.2, 0.25) is 17.8 Å². The quantitative estimate of drug-likeness (QED) is 0.0522. The summed E-state index contributed by atoms with van der Waals surface area (Å²) in [5.74, 6) is 5.07. The summed E-state index contributed by atoms with van der Waals surface area (Å²) >= 11 is 0. The number of hydrogen-bond acceptors (Lipinski definition) is 13. The lowest BCUT2D eigenvalue weighted by Gasteiger charge is -2.31. The first-order chi connectivity index (χ1) is 33.9. The summed E-state index contributed by atoms with van der Waals surface area (Å²) in [6.45, 7) is 14.9. The van der Waals surface area contributed by atoms with Crippen molar-refractivity contribution in [3.8, 4) is 23.3 Å². The summed E-state index contributed by atoms with van der Waals surface area (Å²) in [6, 6.07) is 9.49. The Hall–Kier alpha value is -8.19. The lowest BCUT2D eigenvalue weighted by molar-refractivity contribution is 0.0199. The van der Waals surface area contributed by atoms with E-state index in [1.165, 1.54) is 26.4 Å². The highest BCUT2D eigenvalue weighted by molar-refractivity contribution is 6.05. The number of rotatable bonds is 16. The number of hydroxylamine groups is 1. The molecule has 0 bridgehead atoms. The maximum atomic E-state index is 13.9. The second-order valence-electron chi connectivity index (χ2n) is 17.7. The van der Waals surface area contributed by atoms with E-state index in [1.54, 1.807) is 61.5 Å². The fourth-order valence-electron chi connectivity index (χ4n) is 8.16. The molecule has 1 fully saturated rings. The fourth-order valence-corrected chi connectivity index (χ4v) is 8.16. The molecule has 0 saturated carbocycles. The number of carbonyl (C=O) groups is 5. The number of piperidine rings is 1. The number of benzene rings is 2. The van der Waals surface area contributed by atoms with Gasteiger partial charge in [-0.25, -0.2) is 20.2 Å². The van der Waals surface area contributed by atoms with Crippen molar-refractivity contribution in [2.75, 3.05) is 44.5 Å². The third-order valence-corrected chi connectivity index (χ3v) is 11.4. The van der Waals surface area contributed by atoms with Crippen molar-refractivity contribution in [2.45, 2.75) is 93.1 Å². The number of hydrogen-bond donors (Lipinski definition) is 4. The van der Waals surface area contributed by atoms with E-state index in [0.29, 0.717) is 89.6 Å². The van der Waals surface area contributed by atoms with E-state index in [1.807, 2.05) is 46.8 Å². The van der Waals surface area contributed by atoms with Gasteiger partial charge >= 0.3 is 6.09 Å². The first kappa shape index (κ1) is 50.7. The number of nitrogens with two attached hydrogens (primary N) is 1. The molecule has 71 heavy (non-hydrogen) atoms. The topological polar surface area (TPSA) is 259 Å². The number of aromatic nitrogens is 8. The van der Waals surface area contributed by atoms with Gasteiger partial charge in [-0.1, -0.05) is 24.0 Å². The Morgan fingerprint density at radius 1 is 0.761 bits per heavy atom. The second kappa shape index (κ2) is 21.6. The molecule has 7 rings (SSSR count). The van der Waals surface area contributed by atoms with Crippen LogP contribution in [0.4, 0.5) is 16.7 Å². The van der Waals surface area contributed by atoms with Crippen LogP contribution in [0.1, 0.15) is 101 Å². The van der Waals surface area contributed by atoms with Crippen molar-refractivity contribution in [3.63, 3.8) is 0 Å². The summed E-state index contributed by atoms with van der Waals surface area (Å²) in [5, 5.41) is 14.7. The number of fused-ring (bicyclic) bond motifs is 2. The first-order valence-corrected chi connectivity index (χ1v) is 23.1. The van der Waals surface area contributed by atoms with E-state index in [4.69, 9.17) is 34.7 Å². The molecular weight excluding hydrogens is 915 g/mol. The molecular formula is C49H59N13O9. The van der Waals surface area contributed by atoms with Crippen molar-refractivity contribution in [1.29, 1.82) is 0 Å². The molecule has 0 spiro atoms. The van der Waals surface area contributed by atoms with Crippen LogP contribution >= 0.6 is 0 Å². The van der Waals surface area contributed by atoms with Crippen LogP contribution in [0.15, 0.2) is 48.6 Å². The Balaban J connectivity index is 1.23. The predicted molar refractivity (Wildman–Crippen MR) is 263 cm³/mol. The number of imidazole rings is 2. The molecule has 5 heterocycles. The van der Waals surface area contributed by atoms with Gasteiger partial charge in [0.1, 0.15) is 46.1 Å². The summed E-state index contributed by atoms with van der Waals surface area (Å²) in [6.07, 6.45) is 4.63. The SMILES string of the molecule is CCn1nc(C)cc1C(=O)Nc1nc2cc(C(=O)NOC)cc(OC)c2n1C/C=C/Cn1c(NC(=O)c2cc(C)nn2CC)nc2cc(C(N)=O)cc(OCC#CC3CCN(C(=O)OC(C)(C)C)CC3)c21. The molecule has 5 N–H and O–H groups in total. The van der Waals surface area contributed by atoms with Crippen molar-refractivity contribution >= 4 is 63.7 Å². The summed E-state index contributed by atoms with van der Waals surface area (Å²) in [7, 11) is 2.78. The minimum atomic E-state index is -0.714. The highest BCUT2D eigenvalue weighted by atomic mass is 16.6. The van der Waals surface area contributed by atoms with E-state index in [-0.39, 0.29) is 60.5 Å². The number of anilines is 2. The molecule has 4 aromatic heterocycles. The van der Waals surface area contributed by atoms with Gasteiger partial charge in [-0.2, -0.15) is 10.2 Å². The average Bonchev–Trinajstić information content (AvgIpc) is 4.10. The maximum Gasteiger partial charge on any atom is 0.410 e. The molecule has 1 aliphatic rings. The zero-order chi connectivity index (χ0) is 51.1. The third-order valence-electron chi connectivity index (χ3n) is 11.4. The molecule has 374 valence electrons. The van der Waals surface area contributed by atoms with Crippen molar-refractivity contribution in [1.82, 2.24) is 49.0 Å². The largest absolute Gasteiger partial charge is 0.494 e. The van der Waals surface area contributed by atoms with Crippen LogP contribution in [0, 0.1) is 31.6 Å². The Morgan fingerprint density at radius 3 is 1.77 bits per heavy atom. The molecule has 22 nitrogen and oxygen atoms in total. The lowest BCUT2D eigenvalue weighted by Crippen LogP contribution is -2.41. The summed E-state index contributed by atoms with van der Waals surface area (Å²) in [4.78, 5) is 82.0. The predicted octanol–water partition coefficient (Wildman–Crippen LogP) is 5.62. The minimum absolute atomic E-state index is 0.0228. The minimum Gasteiger partial charge on any atom is -0.494 e. The number of amides is 5. The number of nitrogens with one attached hydrogen (secondary N) is 3. The maximum absolute atomic E-state index is 13.9. The van der Waals surface area contributed by atoms with Gasteiger partial charge in [0.15, 0.2) is 0 Å². The molecule has 0 atom stereocenters. The number of primary amides is 1. The Kier molecular flexibility index (Phi) is 15.4. The third kappa shape index (κ3) is 11.6. The molecule has 22 heteroatoms. The van der Waals surface area contributed by atoms with Gasteiger partial charge in [-0.15, -0.1) is 0 Å². The molecule has 1 aliphatic heterocycles. The van der Waals surface area contributed by atoms with Gasteiger partial charge in [-0.05, 0) is 97.7 Å². The van der Waals surface area contributed by atoms with Gasteiger partial charge < -0.3 is 34.0 Å². The molecule has 0 unspecified atom stereocenters. The molecule has 0 aliphatic carbocycles. The number of ether oxygens (including phenoxy) is 3. The van der Waals surface area contributed by atoms with Crippen LogP contribution in [0.3, 0.4) is 0 Å². The first-order valence-electron chi connectivity index (χ1n) is 23.1. The Bertz CT molecular complexity index is 3100. The van der Waals surface area contributed by atoms with Crippen molar-refractivity contribution in [3.05, 3.63) is 82.5 Å². The number of carbonyl (C=O) groups excluding carboxylic acids is 5. The van der Waals surface area contributed by atoms with E-state index in [2.05, 4.69) is 38.2 Å². The summed E-state index contributed by atoms with van der Waals surface area (Å²) in [5.41, 5.74) is 11.4.